The average Bonchev–Trinajstić information content (AvgIpc) is 3.28. The Bertz CT molecular complexity index is 983. The Balaban J connectivity index is 1.38. The highest BCUT2D eigenvalue weighted by Crippen LogP contribution is 2.55. The SMILES string of the molecule is O=P(OCc1ccccc1)(OCc1ccccc1)O[C@@H]1[C@@H](O)[C@H](O)[C@@H](O)[C@@H]2OC3(CCCCC3)O[C@H]12. The molecule has 9 nitrogen and oxygen atoms in total. The predicted octanol–water partition coefficient (Wildman–Crippen LogP) is 3.45. The first kappa shape index (κ1) is 26.0. The van der Waals surface area contributed by atoms with Gasteiger partial charge >= 0.3 is 7.82 Å². The normalized spacial score (nSPS) is 31.9. The molecule has 1 saturated heterocycles. The molecule has 3 fully saturated rings. The first-order valence-corrected chi connectivity index (χ1v) is 13.9. The Labute approximate surface area is 210 Å². The van der Waals surface area contributed by atoms with Gasteiger partial charge in [0.25, 0.3) is 0 Å². The van der Waals surface area contributed by atoms with Crippen LogP contribution in [-0.2, 0) is 40.8 Å². The maximum atomic E-state index is 13.9. The standard InChI is InChI=1S/C26H33O9P/c27-20-21(28)23-25(34-26(33-23)14-8-3-9-15-26)24(22(20)29)35-36(30,31-16-18-10-4-1-5-11-18)32-17-19-12-6-2-7-13-19/h1-2,4-7,10-13,20-25,27-29H,3,8-9,14-17H2/t20-,21-,22+,23+,24-,25+/m1/s1. The highest BCUT2D eigenvalue weighted by Gasteiger charge is 2.61. The summed E-state index contributed by atoms with van der Waals surface area (Å²) < 4.78 is 43.6. The molecule has 1 heterocycles. The Hall–Kier alpha value is -1.65. The summed E-state index contributed by atoms with van der Waals surface area (Å²) >= 11 is 0. The number of ether oxygens (including phenoxy) is 2. The molecule has 0 unspecified atom stereocenters. The van der Waals surface area contributed by atoms with Crippen molar-refractivity contribution in [3.63, 3.8) is 0 Å². The van der Waals surface area contributed by atoms with Crippen molar-refractivity contribution < 1.29 is 42.9 Å². The van der Waals surface area contributed by atoms with Gasteiger partial charge in [0.2, 0.25) is 0 Å². The highest BCUT2D eigenvalue weighted by molar-refractivity contribution is 7.48. The molecule has 2 saturated carbocycles. The lowest BCUT2D eigenvalue weighted by molar-refractivity contribution is -0.202. The third-order valence-corrected chi connectivity index (χ3v) is 8.45. The number of phosphoric acid groups is 1. The molecule has 2 aliphatic carbocycles. The van der Waals surface area contributed by atoms with Gasteiger partial charge in [-0.3, -0.25) is 13.6 Å². The van der Waals surface area contributed by atoms with E-state index in [-0.39, 0.29) is 13.2 Å². The molecule has 2 aromatic rings. The molecule has 0 aromatic heterocycles. The zero-order chi connectivity index (χ0) is 25.2. The number of rotatable bonds is 8. The number of fused-ring (bicyclic) bond motifs is 1. The van der Waals surface area contributed by atoms with Crippen LogP contribution >= 0.6 is 7.82 Å². The molecule has 5 rings (SSSR count). The molecule has 1 spiro atoms. The van der Waals surface area contributed by atoms with Crippen molar-refractivity contribution in [1.82, 2.24) is 0 Å². The lowest BCUT2D eigenvalue weighted by atomic mass is 9.85. The van der Waals surface area contributed by atoms with E-state index in [2.05, 4.69) is 0 Å². The van der Waals surface area contributed by atoms with Gasteiger partial charge in [-0.15, -0.1) is 0 Å². The van der Waals surface area contributed by atoms with Crippen LogP contribution in [0.15, 0.2) is 60.7 Å². The molecule has 196 valence electrons. The average molecular weight is 521 g/mol. The van der Waals surface area contributed by atoms with E-state index in [4.69, 9.17) is 23.0 Å². The second kappa shape index (κ2) is 11.0. The summed E-state index contributed by atoms with van der Waals surface area (Å²) in [4.78, 5) is 0. The molecule has 6 atom stereocenters. The quantitative estimate of drug-likeness (QED) is 0.449. The fourth-order valence-electron chi connectivity index (χ4n) is 5.11. The van der Waals surface area contributed by atoms with Gasteiger partial charge in [0, 0.05) is 12.8 Å². The Kier molecular flexibility index (Phi) is 7.93. The predicted molar refractivity (Wildman–Crippen MR) is 129 cm³/mol. The molecule has 36 heavy (non-hydrogen) atoms. The summed E-state index contributed by atoms with van der Waals surface area (Å²) in [7, 11) is -4.29. The molecule has 0 bridgehead atoms. The maximum absolute atomic E-state index is 13.9. The summed E-state index contributed by atoms with van der Waals surface area (Å²) in [5, 5.41) is 32.1. The lowest BCUT2D eigenvalue weighted by Crippen LogP contribution is -2.63. The van der Waals surface area contributed by atoms with E-state index in [1.807, 2.05) is 60.7 Å². The van der Waals surface area contributed by atoms with E-state index < -0.39 is 50.2 Å². The summed E-state index contributed by atoms with van der Waals surface area (Å²) in [5.74, 6) is -0.931. The molecule has 0 amide bonds. The van der Waals surface area contributed by atoms with Crippen molar-refractivity contribution in [2.75, 3.05) is 0 Å². The molecule has 2 aromatic carbocycles. The molecule has 3 aliphatic rings. The van der Waals surface area contributed by atoms with Gasteiger partial charge in [-0.05, 0) is 24.0 Å². The van der Waals surface area contributed by atoms with E-state index >= 15 is 0 Å². The number of aliphatic hydroxyl groups excluding tert-OH is 3. The van der Waals surface area contributed by atoms with Crippen molar-refractivity contribution in [2.24, 2.45) is 0 Å². The molecule has 0 radical (unpaired) electrons. The number of benzene rings is 2. The second-order valence-electron chi connectivity index (χ2n) is 9.64. The van der Waals surface area contributed by atoms with E-state index in [0.717, 1.165) is 30.4 Å². The summed E-state index contributed by atoms with van der Waals surface area (Å²) in [6.07, 6.45) is -3.73. The number of hydrogen-bond donors (Lipinski definition) is 3. The summed E-state index contributed by atoms with van der Waals surface area (Å²) in [5.41, 5.74) is 1.51. The molecule has 3 N–H and O–H groups in total. The van der Waals surface area contributed by atoms with Gasteiger partial charge in [-0.25, -0.2) is 4.57 Å². The van der Waals surface area contributed by atoms with E-state index in [1.165, 1.54) is 0 Å². The van der Waals surface area contributed by atoms with Crippen LogP contribution in [0.3, 0.4) is 0 Å². The smallest absolute Gasteiger partial charge is 0.387 e. The monoisotopic (exact) mass is 520 g/mol. The Morgan fingerprint density at radius 3 is 1.83 bits per heavy atom. The van der Waals surface area contributed by atoms with Gasteiger partial charge in [-0.1, -0.05) is 67.1 Å². The molecular formula is C26H33O9P. The summed E-state index contributed by atoms with van der Waals surface area (Å²) in [6, 6.07) is 18.3. The first-order valence-electron chi connectivity index (χ1n) is 12.4. The minimum absolute atomic E-state index is 0.0592. The minimum atomic E-state index is -4.29. The first-order chi connectivity index (χ1) is 17.4. The van der Waals surface area contributed by atoms with Gasteiger partial charge in [0.05, 0.1) is 13.2 Å². The van der Waals surface area contributed by atoms with Crippen LogP contribution in [0.4, 0.5) is 0 Å². The van der Waals surface area contributed by atoms with Gasteiger partial charge in [-0.2, -0.15) is 0 Å². The molecular weight excluding hydrogens is 487 g/mol. The van der Waals surface area contributed by atoms with Crippen LogP contribution < -0.4 is 0 Å². The van der Waals surface area contributed by atoms with Crippen molar-refractivity contribution in [3.05, 3.63) is 71.8 Å². The third kappa shape index (κ3) is 5.60. The van der Waals surface area contributed by atoms with Crippen LogP contribution in [0, 0.1) is 0 Å². The van der Waals surface area contributed by atoms with Crippen LogP contribution in [0.25, 0.3) is 0 Å². The van der Waals surface area contributed by atoms with Crippen LogP contribution in [-0.4, -0.2) is 57.7 Å². The highest BCUT2D eigenvalue weighted by atomic mass is 31.2. The van der Waals surface area contributed by atoms with Crippen LogP contribution in [0.1, 0.15) is 43.2 Å². The van der Waals surface area contributed by atoms with Crippen molar-refractivity contribution in [3.8, 4) is 0 Å². The largest absolute Gasteiger partial charge is 0.475 e. The van der Waals surface area contributed by atoms with Crippen molar-refractivity contribution >= 4 is 7.82 Å². The van der Waals surface area contributed by atoms with Crippen molar-refractivity contribution in [1.29, 1.82) is 0 Å². The second-order valence-corrected chi connectivity index (χ2v) is 11.3. The number of aliphatic hydroxyl groups is 3. The van der Waals surface area contributed by atoms with E-state index in [9.17, 15) is 19.9 Å². The van der Waals surface area contributed by atoms with Gasteiger partial charge < -0.3 is 24.8 Å². The van der Waals surface area contributed by atoms with Crippen LogP contribution in [0.5, 0.6) is 0 Å². The zero-order valence-corrected chi connectivity index (χ0v) is 20.8. The minimum Gasteiger partial charge on any atom is -0.387 e. The third-order valence-electron chi connectivity index (χ3n) is 7.05. The van der Waals surface area contributed by atoms with Crippen molar-refractivity contribution in [2.45, 2.75) is 87.7 Å². The Morgan fingerprint density at radius 2 is 1.28 bits per heavy atom. The van der Waals surface area contributed by atoms with E-state index in [0.29, 0.717) is 12.8 Å². The molecule has 1 aliphatic heterocycles. The number of phosphoric ester groups is 1. The summed E-state index contributed by atoms with van der Waals surface area (Å²) in [6.45, 7) is -0.118. The fraction of sp³-hybridized carbons (Fsp3) is 0.538. The lowest BCUT2D eigenvalue weighted by Gasteiger charge is -2.41. The zero-order valence-electron chi connectivity index (χ0n) is 19.9. The topological polar surface area (TPSA) is 124 Å². The maximum Gasteiger partial charge on any atom is 0.475 e. The fourth-order valence-corrected chi connectivity index (χ4v) is 6.47. The van der Waals surface area contributed by atoms with Gasteiger partial charge in [0.1, 0.15) is 36.6 Å². The van der Waals surface area contributed by atoms with Gasteiger partial charge in [0.15, 0.2) is 5.79 Å². The molecule has 10 heteroatoms. The Morgan fingerprint density at radius 1 is 0.750 bits per heavy atom. The van der Waals surface area contributed by atoms with E-state index in [1.54, 1.807) is 0 Å². The number of hydrogen-bond acceptors (Lipinski definition) is 9. The van der Waals surface area contributed by atoms with Crippen LogP contribution in [0.2, 0.25) is 0 Å².